The van der Waals surface area contributed by atoms with Crippen molar-refractivity contribution in [2.24, 2.45) is 0 Å². The second-order valence-corrected chi connectivity index (χ2v) is 4.39. The van der Waals surface area contributed by atoms with Gasteiger partial charge in [-0.1, -0.05) is 0 Å². The molecule has 0 atom stereocenters. The molecule has 0 bridgehead atoms. The molecule has 1 aromatic rings. The number of aliphatic hydroxyl groups is 1. The predicted octanol–water partition coefficient (Wildman–Crippen LogP) is 0.341. The Bertz CT molecular complexity index is 315. The molecular weight excluding hydrogens is 178 g/mol. The van der Waals surface area contributed by atoms with Crippen LogP contribution in [0.15, 0.2) is 12.3 Å². The summed E-state index contributed by atoms with van der Waals surface area (Å²) in [6, 6.07) is 2.37. The summed E-state index contributed by atoms with van der Waals surface area (Å²) < 4.78 is 1.92. The highest BCUT2D eigenvalue weighted by atomic mass is 16.3. The summed E-state index contributed by atoms with van der Waals surface area (Å²) in [4.78, 5) is 0. The topological polar surface area (TPSA) is 50.1 Å². The number of nitrogens with zero attached hydrogens (tertiary/aromatic N) is 2. The lowest BCUT2D eigenvalue weighted by atomic mass is 9.92. The summed E-state index contributed by atoms with van der Waals surface area (Å²) >= 11 is 0. The number of nitrogens with one attached hydrogen (secondary N) is 1. The second kappa shape index (κ2) is 3.37. The molecule has 0 aliphatic carbocycles. The van der Waals surface area contributed by atoms with Crippen molar-refractivity contribution in [2.45, 2.75) is 31.9 Å². The van der Waals surface area contributed by atoms with E-state index in [1.807, 2.05) is 16.9 Å². The number of rotatable bonds is 3. The van der Waals surface area contributed by atoms with Crippen LogP contribution in [0.4, 0.5) is 0 Å². The first-order chi connectivity index (χ1) is 6.59. The van der Waals surface area contributed by atoms with E-state index in [0.29, 0.717) is 25.6 Å². The van der Waals surface area contributed by atoms with Gasteiger partial charge >= 0.3 is 0 Å². The highest BCUT2D eigenvalue weighted by Gasteiger charge is 2.34. The number of β-amino-alcohol motifs (C(OH)–C–C–N with tert-alkyl or cyclic N) is 1. The van der Waals surface area contributed by atoms with Gasteiger partial charge in [-0.15, -0.1) is 0 Å². The standard InChI is InChI=1S/C10H17N3O/c1-8(2)13-4-3-9(12-13)5-10(14)6-11-7-10/h3-4,8,11,14H,5-7H2,1-2H3. The molecule has 2 rings (SSSR count). The lowest BCUT2D eigenvalue weighted by Crippen LogP contribution is -2.60. The molecule has 78 valence electrons. The van der Waals surface area contributed by atoms with Crippen LogP contribution in [0.2, 0.25) is 0 Å². The third-order valence-electron chi connectivity index (χ3n) is 2.61. The lowest BCUT2D eigenvalue weighted by molar-refractivity contribution is -0.00994. The van der Waals surface area contributed by atoms with Crippen LogP contribution in [0.25, 0.3) is 0 Å². The summed E-state index contributed by atoms with van der Waals surface area (Å²) in [5, 5.41) is 17.4. The van der Waals surface area contributed by atoms with E-state index in [4.69, 9.17) is 0 Å². The maximum atomic E-state index is 9.90. The van der Waals surface area contributed by atoms with Crippen molar-refractivity contribution in [1.82, 2.24) is 15.1 Å². The highest BCUT2D eigenvalue weighted by molar-refractivity contribution is 5.08. The first-order valence-corrected chi connectivity index (χ1v) is 5.06. The Morgan fingerprint density at radius 3 is 2.79 bits per heavy atom. The zero-order valence-electron chi connectivity index (χ0n) is 8.70. The minimum atomic E-state index is -0.559. The quantitative estimate of drug-likeness (QED) is 0.731. The summed E-state index contributed by atoms with van der Waals surface area (Å²) in [6.45, 7) is 5.55. The van der Waals surface area contributed by atoms with Crippen LogP contribution in [0, 0.1) is 0 Å². The molecule has 1 aliphatic rings. The smallest absolute Gasteiger partial charge is 0.0950 e. The van der Waals surface area contributed by atoms with Crippen LogP contribution in [0.1, 0.15) is 25.6 Å². The van der Waals surface area contributed by atoms with Crippen molar-refractivity contribution in [3.63, 3.8) is 0 Å². The molecule has 14 heavy (non-hydrogen) atoms. The Hall–Kier alpha value is -0.870. The molecule has 1 saturated heterocycles. The second-order valence-electron chi connectivity index (χ2n) is 4.39. The average molecular weight is 195 g/mol. The summed E-state index contributed by atoms with van der Waals surface area (Å²) in [6.07, 6.45) is 2.62. The Balaban J connectivity index is 2.02. The molecule has 1 aliphatic heterocycles. The Morgan fingerprint density at radius 2 is 2.36 bits per heavy atom. The zero-order valence-corrected chi connectivity index (χ0v) is 8.70. The van der Waals surface area contributed by atoms with E-state index < -0.39 is 5.60 Å². The van der Waals surface area contributed by atoms with Gasteiger partial charge in [0.1, 0.15) is 0 Å². The van der Waals surface area contributed by atoms with Gasteiger partial charge in [-0.25, -0.2) is 0 Å². The molecule has 0 amide bonds. The van der Waals surface area contributed by atoms with Crippen LogP contribution in [-0.4, -0.2) is 33.6 Å². The van der Waals surface area contributed by atoms with Crippen molar-refractivity contribution >= 4 is 0 Å². The molecule has 0 spiro atoms. The van der Waals surface area contributed by atoms with Gasteiger partial charge in [0.2, 0.25) is 0 Å². The maximum absolute atomic E-state index is 9.90. The average Bonchev–Trinajstić information content (AvgIpc) is 2.50. The Labute approximate surface area is 83.9 Å². The van der Waals surface area contributed by atoms with Gasteiger partial charge in [-0.05, 0) is 19.9 Å². The summed E-state index contributed by atoms with van der Waals surface area (Å²) in [5.74, 6) is 0. The van der Waals surface area contributed by atoms with Gasteiger partial charge in [-0.3, -0.25) is 4.68 Å². The fourth-order valence-electron chi connectivity index (χ4n) is 1.63. The van der Waals surface area contributed by atoms with Gasteiger partial charge < -0.3 is 10.4 Å². The van der Waals surface area contributed by atoms with E-state index in [1.54, 1.807) is 0 Å². The van der Waals surface area contributed by atoms with Gasteiger partial charge in [0, 0.05) is 31.7 Å². The third-order valence-corrected chi connectivity index (χ3v) is 2.61. The summed E-state index contributed by atoms with van der Waals surface area (Å²) in [7, 11) is 0. The van der Waals surface area contributed by atoms with Gasteiger partial charge in [0.05, 0.1) is 11.3 Å². The molecule has 4 nitrogen and oxygen atoms in total. The zero-order chi connectivity index (χ0) is 10.2. The normalized spacial score (nSPS) is 19.7. The van der Waals surface area contributed by atoms with E-state index in [9.17, 15) is 5.11 Å². The van der Waals surface area contributed by atoms with E-state index in [2.05, 4.69) is 24.3 Å². The maximum Gasteiger partial charge on any atom is 0.0950 e. The third kappa shape index (κ3) is 1.81. The number of aromatic nitrogens is 2. The molecular formula is C10H17N3O. The molecule has 2 heterocycles. The van der Waals surface area contributed by atoms with Crippen molar-refractivity contribution in [1.29, 1.82) is 0 Å². The molecule has 2 N–H and O–H groups in total. The molecule has 0 unspecified atom stereocenters. The minimum absolute atomic E-state index is 0.387. The van der Waals surface area contributed by atoms with Gasteiger partial charge in [-0.2, -0.15) is 5.10 Å². The molecule has 1 fully saturated rings. The van der Waals surface area contributed by atoms with Crippen molar-refractivity contribution in [2.75, 3.05) is 13.1 Å². The largest absolute Gasteiger partial charge is 0.387 e. The number of hydrogen-bond donors (Lipinski definition) is 2. The van der Waals surface area contributed by atoms with Gasteiger partial charge in [0.15, 0.2) is 0 Å². The minimum Gasteiger partial charge on any atom is -0.387 e. The van der Waals surface area contributed by atoms with Crippen LogP contribution in [-0.2, 0) is 6.42 Å². The van der Waals surface area contributed by atoms with E-state index >= 15 is 0 Å². The van der Waals surface area contributed by atoms with Crippen LogP contribution >= 0.6 is 0 Å². The van der Waals surface area contributed by atoms with E-state index in [1.165, 1.54) is 0 Å². The highest BCUT2D eigenvalue weighted by Crippen LogP contribution is 2.17. The fraction of sp³-hybridized carbons (Fsp3) is 0.700. The van der Waals surface area contributed by atoms with Crippen molar-refractivity contribution < 1.29 is 5.11 Å². The van der Waals surface area contributed by atoms with Crippen LogP contribution in [0.3, 0.4) is 0 Å². The molecule has 4 heteroatoms. The molecule has 0 radical (unpaired) electrons. The molecule has 0 saturated carbocycles. The van der Waals surface area contributed by atoms with Crippen LogP contribution in [0.5, 0.6) is 0 Å². The van der Waals surface area contributed by atoms with Gasteiger partial charge in [0.25, 0.3) is 0 Å². The monoisotopic (exact) mass is 195 g/mol. The Kier molecular flexibility index (Phi) is 2.33. The lowest BCUT2D eigenvalue weighted by Gasteiger charge is -2.37. The molecule has 1 aromatic heterocycles. The fourth-order valence-corrected chi connectivity index (χ4v) is 1.63. The van der Waals surface area contributed by atoms with E-state index in [-0.39, 0.29) is 0 Å². The van der Waals surface area contributed by atoms with Crippen molar-refractivity contribution in [3.8, 4) is 0 Å². The first kappa shape index (κ1) is 9.68. The molecule has 0 aromatic carbocycles. The first-order valence-electron chi connectivity index (χ1n) is 5.06. The predicted molar refractivity (Wildman–Crippen MR) is 54.1 cm³/mol. The SMILES string of the molecule is CC(C)n1ccc(CC2(O)CNC2)n1. The van der Waals surface area contributed by atoms with Crippen LogP contribution < -0.4 is 5.32 Å². The van der Waals surface area contributed by atoms with Crippen molar-refractivity contribution in [3.05, 3.63) is 18.0 Å². The Morgan fingerprint density at radius 1 is 1.64 bits per heavy atom. The number of hydrogen-bond acceptors (Lipinski definition) is 3. The summed E-state index contributed by atoms with van der Waals surface area (Å²) in [5.41, 5.74) is 0.415. The van der Waals surface area contributed by atoms with E-state index in [0.717, 1.165) is 5.69 Å².